The highest BCUT2D eigenvalue weighted by Gasteiger charge is 2.36. The Balaban J connectivity index is 2.21. The first kappa shape index (κ1) is 17.6. The zero-order valence-electron chi connectivity index (χ0n) is 14.8. The van der Waals surface area contributed by atoms with Gasteiger partial charge in [-0.15, -0.1) is 11.8 Å². The number of carbonyl (C=O) groups excluding carboxylic acids is 1. The molecule has 1 aromatic carbocycles. The van der Waals surface area contributed by atoms with Crippen LogP contribution in [0.2, 0.25) is 0 Å². The first-order valence-corrected chi connectivity index (χ1v) is 9.77. The van der Waals surface area contributed by atoms with Gasteiger partial charge in [-0.1, -0.05) is 31.5 Å². The summed E-state index contributed by atoms with van der Waals surface area (Å²) >= 11 is 1.68. The van der Waals surface area contributed by atoms with Gasteiger partial charge in [0, 0.05) is 22.1 Å². The summed E-state index contributed by atoms with van der Waals surface area (Å²) in [4.78, 5) is 14.0. The standard InChI is InChI=1S/C19H23N3O2S/c1-4-8-14-17(19(23)24-5-2)16(13-11-20-22-18(13)21-14)12-9-6-7-10-15(12)25-3/h6-7,9-11,16H,4-5,8H2,1-3H3,(H2,20,21,22). The molecule has 1 atom stereocenters. The average Bonchev–Trinajstić information content (AvgIpc) is 3.09. The summed E-state index contributed by atoms with van der Waals surface area (Å²) in [6, 6.07) is 8.21. The molecule has 5 nitrogen and oxygen atoms in total. The molecule has 2 aromatic rings. The van der Waals surface area contributed by atoms with Crippen LogP contribution in [0, 0.1) is 0 Å². The molecule has 1 aliphatic heterocycles. The number of aromatic amines is 1. The van der Waals surface area contributed by atoms with E-state index in [1.165, 1.54) is 0 Å². The molecule has 0 bridgehead atoms. The SMILES string of the molecule is CCCC1=C(C(=O)OCC)C(c2ccccc2SC)c2cn[nH]c2N1. The second kappa shape index (κ2) is 7.78. The Labute approximate surface area is 152 Å². The zero-order chi connectivity index (χ0) is 17.8. The zero-order valence-corrected chi connectivity index (χ0v) is 15.6. The maximum absolute atomic E-state index is 12.8. The molecule has 0 radical (unpaired) electrons. The molecule has 132 valence electrons. The molecule has 1 aromatic heterocycles. The lowest BCUT2D eigenvalue weighted by Crippen LogP contribution is -2.25. The summed E-state index contributed by atoms with van der Waals surface area (Å²) in [6.45, 7) is 4.30. The number of esters is 1. The number of nitrogens with zero attached hydrogens (tertiary/aromatic N) is 1. The fraction of sp³-hybridized carbons (Fsp3) is 0.368. The number of carbonyl (C=O) groups is 1. The molecular weight excluding hydrogens is 334 g/mol. The molecule has 2 N–H and O–H groups in total. The van der Waals surface area contributed by atoms with E-state index in [0.717, 1.165) is 40.4 Å². The largest absolute Gasteiger partial charge is 0.463 e. The van der Waals surface area contributed by atoms with Gasteiger partial charge in [-0.25, -0.2) is 4.79 Å². The quantitative estimate of drug-likeness (QED) is 0.596. The monoisotopic (exact) mass is 357 g/mol. The summed E-state index contributed by atoms with van der Waals surface area (Å²) in [5.74, 6) is 0.419. The lowest BCUT2D eigenvalue weighted by molar-refractivity contribution is -0.138. The van der Waals surface area contributed by atoms with Crippen LogP contribution >= 0.6 is 11.8 Å². The first-order valence-electron chi connectivity index (χ1n) is 8.54. The highest BCUT2D eigenvalue weighted by Crippen LogP contribution is 2.44. The number of rotatable bonds is 6. The second-order valence-corrected chi connectivity index (χ2v) is 6.71. The summed E-state index contributed by atoms with van der Waals surface area (Å²) < 4.78 is 5.40. The van der Waals surface area contributed by atoms with Crippen molar-refractivity contribution < 1.29 is 9.53 Å². The number of H-pyrrole nitrogens is 1. The molecule has 0 fully saturated rings. The number of hydrogen-bond acceptors (Lipinski definition) is 5. The number of hydrogen-bond donors (Lipinski definition) is 2. The number of ether oxygens (including phenoxy) is 1. The van der Waals surface area contributed by atoms with Crippen molar-refractivity contribution in [3.63, 3.8) is 0 Å². The Morgan fingerprint density at radius 3 is 2.80 bits per heavy atom. The van der Waals surface area contributed by atoms with Crippen LogP contribution in [0.4, 0.5) is 5.82 Å². The number of aromatic nitrogens is 2. The van der Waals surface area contributed by atoms with Crippen molar-refractivity contribution in [2.45, 2.75) is 37.5 Å². The van der Waals surface area contributed by atoms with Gasteiger partial charge in [-0.3, -0.25) is 5.10 Å². The van der Waals surface area contributed by atoms with Crippen molar-refractivity contribution in [2.75, 3.05) is 18.2 Å². The van der Waals surface area contributed by atoms with Crippen molar-refractivity contribution in [3.05, 3.63) is 52.9 Å². The smallest absolute Gasteiger partial charge is 0.336 e. The van der Waals surface area contributed by atoms with Gasteiger partial charge in [0.15, 0.2) is 0 Å². The van der Waals surface area contributed by atoms with Crippen molar-refractivity contribution in [1.29, 1.82) is 0 Å². The van der Waals surface area contributed by atoms with E-state index in [4.69, 9.17) is 4.74 Å². The molecular formula is C19H23N3O2S. The highest BCUT2D eigenvalue weighted by atomic mass is 32.2. The van der Waals surface area contributed by atoms with E-state index in [1.807, 2.05) is 19.1 Å². The number of thioether (sulfide) groups is 1. The number of benzene rings is 1. The van der Waals surface area contributed by atoms with E-state index in [1.54, 1.807) is 18.0 Å². The van der Waals surface area contributed by atoms with Crippen LogP contribution in [0.3, 0.4) is 0 Å². The van der Waals surface area contributed by atoms with Crippen molar-refractivity contribution in [3.8, 4) is 0 Å². The Morgan fingerprint density at radius 1 is 1.28 bits per heavy atom. The van der Waals surface area contributed by atoms with Gasteiger partial charge < -0.3 is 10.1 Å². The number of anilines is 1. The molecule has 1 aliphatic rings. The van der Waals surface area contributed by atoms with E-state index in [0.29, 0.717) is 12.2 Å². The molecule has 0 spiro atoms. The van der Waals surface area contributed by atoms with Crippen LogP contribution in [0.15, 0.2) is 46.6 Å². The van der Waals surface area contributed by atoms with Crippen LogP contribution in [-0.4, -0.2) is 29.0 Å². The van der Waals surface area contributed by atoms with Gasteiger partial charge in [0.2, 0.25) is 0 Å². The Bertz CT molecular complexity index is 797. The maximum atomic E-state index is 12.8. The van der Waals surface area contributed by atoms with E-state index >= 15 is 0 Å². The summed E-state index contributed by atoms with van der Waals surface area (Å²) in [5.41, 5.74) is 3.69. The third-order valence-corrected chi connectivity index (χ3v) is 5.13. The summed E-state index contributed by atoms with van der Waals surface area (Å²) in [6.07, 6.45) is 5.57. The normalized spacial score (nSPS) is 16.4. The Hall–Kier alpha value is -2.21. The van der Waals surface area contributed by atoms with Gasteiger partial charge in [0.1, 0.15) is 5.82 Å². The van der Waals surface area contributed by atoms with Gasteiger partial charge in [-0.2, -0.15) is 5.10 Å². The van der Waals surface area contributed by atoms with Crippen LogP contribution in [0.25, 0.3) is 0 Å². The van der Waals surface area contributed by atoms with E-state index in [-0.39, 0.29) is 11.9 Å². The van der Waals surface area contributed by atoms with Crippen LogP contribution in [-0.2, 0) is 9.53 Å². The lowest BCUT2D eigenvalue weighted by Gasteiger charge is -2.29. The van der Waals surface area contributed by atoms with Gasteiger partial charge in [-0.05, 0) is 31.2 Å². The number of nitrogens with one attached hydrogen (secondary N) is 2. The Kier molecular flexibility index (Phi) is 5.48. The van der Waals surface area contributed by atoms with E-state index in [9.17, 15) is 4.79 Å². The molecule has 3 rings (SSSR count). The molecule has 2 heterocycles. The Morgan fingerprint density at radius 2 is 2.08 bits per heavy atom. The van der Waals surface area contributed by atoms with Crippen LogP contribution < -0.4 is 5.32 Å². The van der Waals surface area contributed by atoms with E-state index < -0.39 is 0 Å². The molecule has 0 amide bonds. The van der Waals surface area contributed by atoms with Gasteiger partial charge in [0.05, 0.1) is 18.4 Å². The summed E-state index contributed by atoms with van der Waals surface area (Å²) in [7, 11) is 0. The topological polar surface area (TPSA) is 67.0 Å². The van der Waals surface area contributed by atoms with Crippen molar-refractivity contribution >= 4 is 23.5 Å². The number of allylic oxidation sites excluding steroid dienone is 1. The molecule has 0 saturated carbocycles. The minimum Gasteiger partial charge on any atom is -0.463 e. The van der Waals surface area contributed by atoms with Crippen molar-refractivity contribution in [2.24, 2.45) is 0 Å². The summed E-state index contributed by atoms with van der Waals surface area (Å²) in [5, 5.41) is 10.6. The minimum atomic E-state index is -0.258. The third-order valence-electron chi connectivity index (χ3n) is 4.31. The number of fused-ring (bicyclic) bond motifs is 1. The third kappa shape index (κ3) is 3.31. The van der Waals surface area contributed by atoms with E-state index in [2.05, 4.69) is 40.8 Å². The molecule has 25 heavy (non-hydrogen) atoms. The average molecular weight is 357 g/mol. The van der Waals surface area contributed by atoms with Crippen molar-refractivity contribution in [1.82, 2.24) is 10.2 Å². The predicted octanol–water partition coefficient (Wildman–Crippen LogP) is 4.31. The second-order valence-electron chi connectivity index (χ2n) is 5.86. The van der Waals surface area contributed by atoms with Crippen LogP contribution in [0.5, 0.6) is 0 Å². The highest BCUT2D eigenvalue weighted by molar-refractivity contribution is 7.98. The maximum Gasteiger partial charge on any atom is 0.336 e. The molecule has 1 unspecified atom stereocenters. The fourth-order valence-electron chi connectivity index (χ4n) is 3.29. The minimum absolute atomic E-state index is 0.181. The lowest BCUT2D eigenvalue weighted by atomic mass is 9.82. The van der Waals surface area contributed by atoms with Crippen LogP contribution in [0.1, 0.15) is 43.7 Å². The van der Waals surface area contributed by atoms with Gasteiger partial charge in [0.25, 0.3) is 0 Å². The predicted molar refractivity (Wildman–Crippen MR) is 101 cm³/mol. The fourth-order valence-corrected chi connectivity index (χ4v) is 3.92. The molecule has 0 aliphatic carbocycles. The molecule has 0 saturated heterocycles. The van der Waals surface area contributed by atoms with Gasteiger partial charge >= 0.3 is 5.97 Å². The molecule has 6 heteroatoms. The first-order chi connectivity index (χ1) is 12.2.